The lowest BCUT2D eigenvalue weighted by atomic mass is 9.92. The fourth-order valence-corrected chi connectivity index (χ4v) is 1.95. The highest BCUT2D eigenvalue weighted by Gasteiger charge is 2.59. The number of nitrogens with two attached hydrogens (primary N) is 1. The molecule has 4 nitrogen and oxygen atoms in total. The monoisotopic (exact) mass is 314 g/mol. The maximum absolute atomic E-state index is 12.6. The van der Waals surface area contributed by atoms with Crippen molar-refractivity contribution >= 4 is 11.1 Å². The highest BCUT2D eigenvalue weighted by Crippen LogP contribution is 2.45. The third-order valence-electron chi connectivity index (χ3n) is 2.89. The number of aromatic nitrogens is 1. The summed E-state index contributed by atoms with van der Waals surface area (Å²) in [5.74, 6) is -4.59. The summed E-state index contributed by atoms with van der Waals surface area (Å²) in [6, 6.07) is 0.611. The second-order valence-corrected chi connectivity index (χ2v) is 4.36. The Labute approximate surface area is 112 Å². The van der Waals surface area contributed by atoms with Gasteiger partial charge in [0.1, 0.15) is 0 Å². The van der Waals surface area contributed by atoms with Crippen LogP contribution in [0.3, 0.4) is 0 Å². The van der Waals surface area contributed by atoms with Crippen molar-refractivity contribution in [2.45, 2.75) is 18.4 Å². The summed E-state index contributed by atoms with van der Waals surface area (Å²) >= 11 is 0. The predicted molar refractivity (Wildman–Crippen MR) is 59.4 cm³/mol. The number of H-pyrrole nitrogens is 1. The summed E-state index contributed by atoms with van der Waals surface area (Å²) in [7, 11) is 0. The molecular formula is C11H8F6N2O2. The van der Waals surface area contributed by atoms with E-state index in [9.17, 15) is 31.1 Å². The topological polar surface area (TPSA) is 72.0 Å². The largest absolute Gasteiger partial charge is 0.417 e. The summed E-state index contributed by atoms with van der Waals surface area (Å²) in [5, 5.41) is 0. The van der Waals surface area contributed by atoms with Crippen molar-refractivity contribution in [3.05, 3.63) is 34.3 Å². The first-order chi connectivity index (χ1) is 9.50. The molecular weight excluding hydrogens is 306 g/mol. The van der Waals surface area contributed by atoms with Crippen molar-refractivity contribution in [3.8, 4) is 0 Å². The first-order valence-corrected chi connectivity index (χ1v) is 5.52. The van der Waals surface area contributed by atoms with E-state index < -0.39 is 35.6 Å². The Bertz CT molecular complexity index is 685. The molecule has 10 heteroatoms. The van der Waals surface area contributed by atoms with Gasteiger partial charge < -0.3 is 10.2 Å². The van der Waals surface area contributed by atoms with Crippen LogP contribution in [0.4, 0.5) is 26.3 Å². The van der Waals surface area contributed by atoms with Crippen LogP contribution in [0, 0.1) is 5.92 Å². The summed E-state index contributed by atoms with van der Waals surface area (Å²) in [5.41, 5.74) is 4.67. The van der Waals surface area contributed by atoms with Crippen LogP contribution in [-0.4, -0.2) is 17.3 Å². The van der Waals surface area contributed by atoms with Gasteiger partial charge >= 0.3 is 18.1 Å². The van der Waals surface area contributed by atoms with Crippen LogP contribution in [0.2, 0.25) is 0 Å². The lowest BCUT2D eigenvalue weighted by molar-refractivity contribution is -0.290. The molecule has 2 aromatic rings. The van der Waals surface area contributed by atoms with Gasteiger partial charge in [0.15, 0.2) is 11.5 Å². The summed E-state index contributed by atoms with van der Waals surface area (Å²) in [6.07, 6.45) is -11.1. The number of hydrogen-bond donors (Lipinski definition) is 2. The lowest BCUT2D eigenvalue weighted by Gasteiger charge is -2.28. The van der Waals surface area contributed by atoms with Crippen molar-refractivity contribution < 1.29 is 30.8 Å². The third kappa shape index (κ3) is 3.04. The van der Waals surface area contributed by atoms with E-state index in [2.05, 4.69) is 9.40 Å². The van der Waals surface area contributed by atoms with Gasteiger partial charge in [-0.1, -0.05) is 6.07 Å². The second kappa shape index (κ2) is 4.79. The van der Waals surface area contributed by atoms with E-state index in [1.807, 2.05) is 0 Å². The molecule has 0 aliphatic rings. The van der Waals surface area contributed by atoms with Crippen LogP contribution in [-0.2, 0) is 0 Å². The second-order valence-electron chi connectivity index (χ2n) is 4.36. The molecule has 2 rings (SSSR count). The fourth-order valence-electron chi connectivity index (χ4n) is 1.95. The van der Waals surface area contributed by atoms with Crippen LogP contribution >= 0.6 is 0 Å². The van der Waals surface area contributed by atoms with Crippen LogP contribution in [0.5, 0.6) is 0 Å². The van der Waals surface area contributed by atoms with Gasteiger partial charge in [-0.3, -0.25) is 4.98 Å². The van der Waals surface area contributed by atoms with E-state index in [0.29, 0.717) is 0 Å². The molecule has 0 bridgehead atoms. The molecule has 0 saturated carbocycles. The van der Waals surface area contributed by atoms with E-state index in [0.717, 1.165) is 18.2 Å². The Morgan fingerprint density at radius 3 is 2.19 bits per heavy atom. The number of fused-ring (bicyclic) bond motifs is 1. The molecule has 0 radical (unpaired) electrons. The molecule has 3 N–H and O–H groups in total. The first kappa shape index (κ1) is 15.4. The number of aromatic amines is 1. The highest BCUT2D eigenvalue weighted by atomic mass is 19.4. The molecule has 0 spiro atoms. The number of rotatable bonds is 2. The van der Waals surface area contributed by atoms with E-state index in [4.69, 9.17) is 5.73 Å². The SMILES string of the molecule is NC(c1ccc2[nH]c(=O)oc2c1)C(C(F)(F)F)C(F)(F)F. The Balaban J connectivity index is 2.47. The molecule has 1 aromatic heterocycles. The Morgan fingerprint density at radius 1 is 1.10 bits per heavy atom. The number of nitrogens with one attached hydrogen (secondary N) is 1. The standard InChI is InChI=1S/C11H8F6N2O2/c12-10(13,14)8(11(15,16)17)7(18)4-1-2-5-6(3-4)21-9(20)19-5/h1-3,7-8H,18H2,(H,19,20). The van der Waals surface area contributed by atoms with Gasteiger partial charge in [-0.15, -0.1) is 0 Å². The van der Waals surface area contributed by atoms with Gasteiger partial charge in [0, 0.05) is 0 Å². The number of benzene rings is 1. The third-order valence-corrected chi connectivity index (χ3v) is 2.89. The molecule has 116 valence electrons. The Kier molecular flexibility index (Phi) is 3.52. The minimum Gasteiger partial charge on any atom is -0.408 e. The quantitative estimate of drug-likeness (QED) is 0.837. The average Bonchev–Trinajstić information content (AvgIpc) is 2.63. The first-order valence-electron chi connectivity index (χ1n) is 5.52. The van der Waals surface area contributed by atoms with Gasteiger partial charge in [-0.05, 0) is 17.7 Å². The van der Waals surface area contributed by atoms with Crippen molar-refractivity contribution in [3.63, 3.8) is 0 Å². The highest BCUT2D eigenvalue weighted by molar-refractivity contribution is 5.72. The predicted octanol–water partition coefficient (Wildman–Crippen LogP) is 2.86. The molecule has 0 aliphatic heterocycles. The molecule has 0 amide bonds. The van der Waals surface area contributed by atoms with Gasteiger partial charge in [0.25, 0.3) is 0 Å². The smallest absolute Gasteiger partial charge is 0.408 e. The van der Waals surface area contributed by atoms with Gasteiger partial charge in [-0.25, -0.2) is 4.79 Å². The van der Waals surface area contributed by atoms with Crippen LogP contribution in [0.25, 0.3) is 11.1 Å². The minimum absolute atomic E-state index is 0.145. The van der Waals surface area contributed by atoms with Gasteiger partial charge in [0.05, 0.1) is 11.6 Å². The van der Waals surface area contributed by atoms with Gasteiger partial charge in [0.2, 0.25) is 0 Å². The normalized spacial score (nSPS) is 14.9. The molecule has 1 atom stereocenters. The van der Waals surface area contributed by atoms with E-state index in [1.165, 1.54) is 0 Å². The zero-order valence-corrected chi connectivity index (χ0v) is 10.0. The number of halogens is 6. The molecule has 1 aromatic carbocycles. The number of hydrogen-bond acceptors (Lipinski definition) is 3. The van der Waals surface area contributed by atoms with E-state index >= 15 is 0 Å². The fraction of sp³-hybridized carbons (Fsp3) is 0.364. The zero-order chi connectivity index (χ0) is 16.0. The Morgan fingerprint density at radius 2 is 1.67 bits per heavy atom. The molecule has 1 unspecified atom stereocenters. The average molecular weight is 314 g/mol. The number of alkyl halides is 6. The maximum Gasteiger partial charge on any atom is 0.417 e. The summed E-state index contributed by atoms with van der Waals surface area (Å²) < 4.78 is 80.1. The molecule has 0 aliphatic carbocycles. The number of oxazole rings is 1. The van der Waals surface area contributed by atoms with Crippen molar-refractivity contribution in [2.24, 2.45) is 11.7 Å². The van der Waals surface area contributed by atoms with Crippen LogP contribution < -0.4 is 11.5 Å². The molecule has 1 heterocycles. The van der Waals surface area contributed by atoms with Crippen molar-refractivity contribution in [1.82, 2.24) is 4.98 Å². The van der Waals surface area contributed by atoms with E-state index in [1.54, 1.807) is 0 Å². The summed E-state index contributed by atoms with van der Waals surface area (Å²) in [4.78, 5) is 13.1. The molecule has 0 fully saturated rings. The van der Waals surface area contributed by atoms with Crippen LogP contribution in [0.15, 0.2) is 27.4 Å². The minimum atomic E-state index is -5.55. The molecule has 21 heavy (non-hydrogen) atoms. The Hall–Kier alpha value is -1.97. The van der Waals surface area contributed by atoms with Crippen molar-refractivity contribution in [2.75, 3.05) is 0 Å². The van der Waals surface area contributed by atoms with Crippen LogP contribution in [0.1, 0.15) is 11.6 Å². The summed E-state index contributed by atoms with van der Waals surface area (Å²) in [6.45, 7) is 0. The molecule has 0 saturated heterocycles. The van der Waals surface area contributed by atoms with Gasteiger partial charge in [-0.2, -0.15) is 26.3 Å². The van der Waals surface area contributed by atoms with Crippen molar-refractivity contribution in [1.29, 1.82) is 0 Å². The zero-order valence-electron chi connectivity index (χ0n) is 10.0. The van der Waals surface area contributed by atoms with E-state index in [-0.39, 0.29) is 11.1 Å². The lowest BCUT2D eigenvalue weighted by Crippen LogP contribution is -2.43. The maximum atomic E-state index is 12.6.